The Kier molecular flexibility index (Phi) is 5.20. The van der Waals surface area contributed by atoms with E-state index in [4.69, 9.17) is 4.74 Å². The van der Waals surface area contributed by atoms with E-state index in [1.165, 1.54) is 0 Å². The fourth-order valence-corrected chi connectivity index (χ4v) is 3.47. The molecule has 1 N–H and O–H groups in total. The number of nitrogens with one attached hydrogen (secondary N) is 1. The smallest absolute Gasteiger partial charge is 0.270 e. The van der Waals surface area contributed by atoms with Gasteiger partial charge in [0.1, 0.15) is 11.4 Å². The monoisotopic (exact) mass is 349 g/mol. The first kappa shape index (κ1) is 17.0. The minimum Gasteiger partial charge on any atom is -0.497 e. The second-order valence-corrected chi connectivity index (χ2v) is 7.60. The van der Waals surface area contributed by atoms with Crippen LogP contribution < -0.4 is 4.74 Å². The second kappa shape index (κ2) is 7.36. The molecule has 3 rings (SSSR count). The highest BCUT2D eigenvalue weighted by atomic mass is 32.2. The van der Waals surface area contributed by atoms with Crippen molar-refractivity contribution in [1.29, 1.82) is 0 Å². The van der Waals surface area contributed by atoms with Gasteiger partial charge in [-0.15, -0.1) is 0 Å². The van der Waals surface area contributed by atoms with E-state index in [-0.39, 0.29) is 5.91 Å². The van der Waals surface area contributed by atoms with Crippen molar-refractivity contribution in [2.24, 2.45) is 0 Å². The van der Waals surface area contributed by atoms with E-state index in [9.17, 15) is 9.00 Å². The zero-order valence-electron chi connectivity index (χ0n) is 14.1. The number of aromatic amines is 1. The lowest BCUT2D eigenvalue weighted by molar-refractivity contribution is 0.0639. The summed E-state index contributed by atoms with van der Waals surface area (Å²) in [4.78, 5) is 20.0. The maximum atomic E-state index is 12.7. The number of aromatic nitrogens is 1. The molecule has 0 saturated carbocycles. The number of piperazine rings is 1. The van der Waals surface area contributed by atoms with Crippen molar-refractivity contribution in [2.45, 2.75) is 0 Å². The van der Waals surface area contributed by atoms with Gasteiger partial charge in [-0.3, -0.25) is 13.9 Å². The first-order valence-corrected chi connectivity index (χ1v) is 9.78. The molecule has 0 spiro atoms. The standard InChI is InChI=1S/C17H23N3O3S/c1-23-14-4-3-13-11-16(18-15(13)12-14)17(21)20-7-5-19(6-8-20)9-10-24(2)22/h3-4,11-12,18H,5-10H2,1-2H3. The number of H-pyrrole nitrogens is 1. The summed E-state index contributed by atoms with van der Waals surface area (Å²) in [6.45, 7) is 3.90. The molecule has 1 unspecified atom stereocenters. The van der Waals surface area contributed by atoms with E-state index >= 15 is 0 Å². The summed E-state index contributed by atoms with van der Waals surface area (Å²) in [7, 11) is 0.865. The van der Waals surface area contributed by atoms with Crippen LogP contribution in [0.15, 0.2) is 24.3 Å². The van der Waals surface area contributed by atoms with Crippen LogP contribution in [-0.2, 0) is 10.8 Å². The van der Waals surface area contributed by atoms with Gasteiger partial charge < -0.3 is 14.6 Å². The molecule has 0 radical (unpaired) electrons. The van der Waals surface area contributed by atoms with Gasteiger partial charge in [-0.2, -0.15) is 0 Å². The average Bonchev–Trinajstić information content (AvgIpc) is 3.02. The molecule has 24 heavy (non-hydrogen) atoms. The Bertz CT molecular complexity index is 751. The Labute approximate surface area is 144 Å². The van der Waals surface area contributed by atoms with Crippen molar-refractivity contribution in [3.63, 3.8) is 0 Å². The van der Waals surface area contributed by atoms with Gasteiger partial charge >= 0.3 is 0 Å². The molecule has 1 atom stereocenters. The van der Waals surface area contributed by atoms with Crippen molar-refractivity contribution < 1.29 is 13.7 Å². The van der Waals surface area contributed by atoms with Gasteiger partial charge in [0.25, 0.3) is 5.91 Å². The van der Waals surface area contributed by atoms with Crippen LogP contribution in [0.25, 0.3) is 10.9 Å². The quantitative estimate of drug-likeness (QED) is 0.884. The number of hydrogen-bond donors (Lipinski definition) is 1. The van der Waals surface area contributed by atoms with E-state index in [2.05, 4.69) is 9.88 Å². The summed E-state index contributed by atoms with van der Waals surface area (Å²) in [6.07, 6.45) is 1.73. The molecule has 1 saturated heterocycles. The van der Waals surface area contributed by atoms with Crippen molar-refractivity contribution in [3.8, 4) is 5.75 Å². The molecule has 1 fully saturated rings. The highest BCUT2D eigenvalue weighted by Gasteiger charge is 2.23. The molecule has 0 aliphatic carbocycles. The number of nitrogens with zero attached hydrogens (tertiary/aromatic N) is 2. The summed E-state index contributed by atoms with van der Waals surface area (Å²) in [5, 5.41) is 1.00. The van der Waals surface area contributed by atoms with Gasteiger partial charge in [-0.25, -0.2) is 0 Å². The average molecular weight is 349 g/mol. The summed E-state index contributed by atoms with van der Waals surface area (Å²) in [5.74, 6) is 1.49. The number of amides is 1. The molecule has 1 aromatic heterocycles. The largest absolute Gasteiger partial charge is 0.497 e. The van der Waals surface area contributed by atoms with Crippen LogP contribution in [0, 0.1) is 0 Å². The normalized spacial score (nSPS) is 17.2. The SMILES string of the molecule is COc1ccc2cc(C(=O)N3CCN(CCS(C)=O)CC3)[nH]c2c1. The predicted octanol–water partition coefficient (Wildman–Crippen LogP) is 1.31. The topological polar surface area (TPSA) is 65.6 Å². The van der Waals surface area contributed by atoms with Gasteiger partial charge in [0.2, 0.25) is 0 Å². The van der Waals surface area contributed by atoms with Crippen LogP contribution in [0.3, 0.4) is 0 Å². The van der Waals surface area contributed by atoms with Crippen LogP contribution in [0.4, 0.5) is 0 Å². The van der Waals surface area contributed by atoms with Crippen molar-refractivity contribution in [2.75, 3.05) is 51.8 Å². The lowest BCUT2D eigenvalue weighted by Gasteiger charge is -2.34. The third-order valence-corrected chi connectivity index (χ3v) is 5.17. The van der Waals surface area contributed by atoms with Crippen molar-refractivity contribution in [3.05, 3.63) is 30.0 Å². The van der Waals surface area contributed by atoms with Gasteiger partial charge in [0, 0.05) is 72.5 Å². The van der Waals surface area contributed by atoms with E-state index in [1.54, 1.807) is 13.4 Å². The number of benzene rings is 1. The number of fused-ring (bicyclic) bond motifs is 1. The van der Waals surface area contributed by atoms with Crippen LogP contribution in [0.2, 0.25) is 0 Å². The maximum Gasteiger partial charge on any atom is 0.270 e. The van der Waals surface area contributed by atoms with E-state index in [0.717, 1.165) is 36.3 Å². The first-order valence-electron chi connectivity index (χ1n) is 8.05. The Morgan fingerprint density at radius 2 is 2.00 bits per heavy atom. The Balaban J connectivity index is 1.64. The van der Waals surface area contributed by atoms with Gasteiger partial charge in [-0.1, -0.05) is 0 Å². The first-order chi connectivity index (χ1) is 11.6. The molecule has 1 amide bonds. The van der Waals surface area contributed by atoms with Crippen molar-refractivity contribution >= 4 is 27.6 Å². The van der Waals surface area contributed by atoms with Crippen molar-refractivity contribution in [1.82, 2.24) is 14.8 Å². The number of methoxy groups -OCH3 is 1. The molecular formula is C17H23N3O3S. The Morgan fingerprint density at radius 3 is 2.67 bits per heavy atom. The predicted molar refractivity (Wildman–Crippen MR) is 96.1 cm³/mol. The number of carbonyl (C=O) groups is 1. The van der Waals surface area contributed by atoms with Crippen LogP contribution >= 0.6 is 0 Å². The van der Waals surface area contributed by atoms with Gasteiger partial charge in [-0.05, 0) is 18.2 Å². The molecule has 2 aromatic rings. The van der Waals surface area contributed by atoms with Crippen LogP contribution in [0.5, 0.6) is 5.75 Å². The van der Waals surface area contributed by atoms with Crippen LogP contribution in [0.1, 0.15) is 10.5 Å². The van der Waals surface area contributed by atoms with E-state index in [1.807, 2.05) is 29.2 Å². The molecule has 1 aromatic carbocycles. The van der Waals surface area contributed by atoms with Gasteiger partial charge in [0.05, 0.1) is 7.11 Å². The Morgan fingerprint density at radius 1 is 1.25 bits per heavy atom. The number of rotatable bonds is 5. The van der Waals surface area contributed by atoms with Crippen LogP contribution in [-0.4, -0.2) is 76.7 Å². The van der Waals surface area contributed by atoms with Gasteiger partial charge in [0.15, 0.2) is 0 Å². The molecular weight excluding hydrogens is 326 g/mol. The third kappa shape index (κ3) is 3.79. The lowest BCUT2D eigenvalue weighted by atomic mass is 10.2. The second-order valence-electron chi connectivity index (χ2n) is 6.05. The summed E-state index contributed by atoms with van der Waals surface area (Å²) < 4.78 is 16.4. The zero-order valence-corrected chi connectivity index (χ0v) is 14.9. The number of carbonyl (C=O) groups excluding carboxylic acids is 1. The summed E-state index contributed by atoms with van der Waals surface area (Å²) in [6, 6.07) is 7.63. The molecule has 1 aliphatic heterocycles. The lowest BCUT2D eigenvalue weighted by Crippen LogP contribution is -2.49. The number of ether oxygens (including phenoxy) is 1. The third-order valence-electron chi connectivity index (χ3n) is 4.41. The summed E-state index contributed by atoms with van der Waals surface area (Å²) in [5.41, 5.74) is 1.52. The van der Waals surface area contributed by atoms with E-state index in [0.29, 0.717) is 24.5 Å². The molecule has 1 aliphatic rings. The number of hydrogen-bond acceptors (Lipinski definition) is 4. The molecule has 7 heteroatoms. The molecule has 130 valence electrons. The maximum absolute atomic E-state index is 12.7. The molecule has 6 nitrogen and oxygen atoms in total. The minimum atomic E-state index is -0.764. The minimum absolute atomic E-state index is 0.0314. The zero-order chi connectivity index (χ0) is 17.1. The summed E-state index contributed by atoms with van der Waals surface area (Å²) >= 11 is 0. The fraction of sp³-hybridized carbons (Fsp3) is 0.471. The fourth-order valence-electron chi connectivity index (χ4n) is 2.95. The Hall–Kier alpha value is -1.86. The van der Waals surface area contributed by atoms with E-state index < -0.39 is 10.8 Å². The highest BCUT2D eigenvalue weighted by molar-refractivity contribution is 7.84. The molecule has 0 bridgehead atoms. The molecule has 2 heterocycles. The highest BCUT2D eigenvalue weighted by Crippen LogP contribution is 2.22.